The van der Waals surface area contributed by atoms with E-state index in [0.29, 0.717) is 51.0 Å². The van der Waals surface area contributed by atoms with Crippen molar-refractivity contribution < 1.29 is 18.0 Å². The number of carbonyl (C=O) groups excluding carboxylic acids is 2. The van der Waals surface area contributed by atoms with Crippen LogP contribution in [0.5, 0.6) is 0 Å². The van der Waals surface area contributed by atoms with E-state index in [1.807, 2.05) is 48.5 Å². The van der Waals surface area contributed by atoms with Gasteiger partial charge in [-0.05, 0) is 48.6 Å². The van der Waals surface area contributed by atoms with Crippen LogP contribution in [0.25, 0.3) is 0 Å². The van der Waals surface area contributed by atoms with Gasteiger partial charge in [0.1, 0.15) is 0 Å². The molecule has 0 bridgehead atoms. The van der Waals surface area contributed by atoms with Crippen molar-refractivity contribution in [3.05, 3.63) is 59.7 Å². The zero-order chi connectivity index (χ0) is 22.0. The number of nitrogens with one attached hydrogen (secondary N) is 1. The summed E-state index contributed by atoms with van der Waals surface area (Å²) in [5.74, 6) is -0.183. The summed E-state index contributed by atoms with van der Waals surface area (Å²) in [5, 5.41) is 2.98. The van der Waals surface area contributed by atoms with Crippen molar-refractivity contribution in [2.24, 2.45) is 5.92 Å². The number of piperidine rings is 1. The molecule has 2 amide bonds. The van der Waals surface area contributed by atoms with E-state index in [2.05, 4.69) is 5.32 Å². The molecule has 1 N–H and O–H groups in total. The van der Waals surface area contributed by atoms with Crippen molar-refractivity contribution >= 4 is 33.2 Å². The summed E-state index contributed by atoms with van der Waals surface area (Å²) in [7, 11) is -3.21. The van der Waals surface area contributed by atoms with E-state index in [0.717, 1.165) is 16.8 Å². The van der Waals surface area contributed by atoms with Gasteiger partial charge in [0.2, 0.25) is 21.8 Å². The number of amides is 2. The summed E-state index contributed by atoms with van der Waals surface area (Å²) in [6, 6.07) is 15.6. The summed E-state index contributed by atoms with van der Waals surface area (Å²) in [4.78, 5) is 27.0. The van der Waals surface area contributed by atoms with E-state index >= 15 is 0 Å². The molecular formula is C23H27N3O4S. The molecule has 4 rings (SSSR count). The van der Waals surface area contributed by atoms with Gasteiger partial charge in [0, 0.05) is 36.8 Å². The molecule has 31 heavy (non-hydrogen) atoms. The molecule has 0 radical (unpaired) electrons. The van der Waals surface area contributed by atoms with Crippen molar-refractivity contribution in [2.75, 3.05) is 29.6 Å². The maximum Gasteiger partial charge on any atom is 0.227 e. The van der Waals surface area contributed by atoms with Crippen LogP contribution in [-0.2, 0) is 32.6 Å². The van der Waals surface area contributed by atoms with Crippen LogP contribution >= 0.6 is 0 Å². The molecule has 1 saturated heterocycles. The summed E-state index contributed by atoms with van der Waals surface area (Å²) in [6.45, 7) is 1.27. The van der Waals surface area contributed by atoms with Crippen LogP contribution in [0.15, 0.2) is 48.5 Å². The molecule has 0 unspecified atom stereocenters. The van der Waals surface area contributed by atoms with Crippen LogP contribution in [0, 0.1) is 5.92 Å². The van der Waals surface area contributed by atoms with E-state index in [-0.39, 0.29) is 17.7 Å². The number of hydrogen-bond acceptors (Lipinski definition) is 4. The van der Waals surface area contributed by atoms with Crippen LogP contribution in [0.2, 0.25) is 0 Å². The molecule has 7 nitrogen and oxygen atoms in total. The number of rotatable bonds is 5. The van der Waals surface area contributed by atoms with Gasteiger partial charge in [0.05, 0.1) is 12.8 Å². The van der Waals surface area contributed by atoms with E-state index in [1.165, 1.54) is 10.6 Å². The van der Waals surface area contributed by atoms with Crippen LogP contribution in [0.1, 0.15) is 30.4 Å². The highest BCUT2D eigenvalue weighted by atomic mass is 32.2. The fourth-order valence-electron chi connectivity index (χ4n) is 4.27. The molecule has 2 aromatic carbocycles. The Bertz CT molecular complexity index is 1080. The summed E-state index contributed by atoms with van der Waals surface area (Å²) in [5.41, 5.74) is 3.71. The lowest BCUT2D eigenvalue weighted by Crippen LogP contribution is -2.40. The maximum absolute atomic E-state index is 12.7. The average Bonchev–Trinajstić information content (AvgIpc) is 2.76. The first-order valence-electron chi connectivity index (χ1n) is 10.5. The lowest BCUT2D eigenvalue weighted by molar-refractivity contribution is -0.121. The summed E-state index contributed by atoms with van der Waals surface area (Å²) >= 11 is 0. The Morgan fingerprint density at radius 3 is 2.45 bits per heavy atom. The molecule has 0 saturated carbocycles. The molecule has 2 aliphatic rings. The van der Waals surface area contributed by atoms with Crippen molar-refractivity contribution in [1.29, 1.82) is 0 Å². The van der Waals surface area contributed by atoms with Crippen LogP contribution in [0.4, 0.5) is 11.4 Å². The van der Waals surface area contributed by atoms with Crippen LogP contribution < -0.4 is 10.2 Å². The second-order valence-electron chi connectivity index (χ2n) is 8.23. The van der Waals surface area contributed by atoms with Gasteiger partial charge in [-0.2, -0.15) is 0 Å². The Labute approximate surface area is 183 Å². The molecule has 0 atom stereocenters. The van der Waals surface area contributed by atoms with Gasteiger partial charge in [-0.25, -0.2) is 12.7 Å². The van der Waals surface area contributed by atoms with Gasteiger partial charge < -0.3 is 10.2 Å². The predicted molar refractivity (Wildman–Crippen MR) is 120 cm³/mol. The normalized spacial score (nSPS) is 18.0. The highest BCUT2D eigenvalue weighted by Crippen LogP contribution is 2.32. The first-order valence-corrected chi connectivity index (χ1v) is 12.4. The van der Waals surface area contributed by atoms with Crippen LogP contribution in [-0.4, -0.2) is 43.9 Å². The van der Waals surface area contributed by atoms with Crippen LogP contribution in [0.3, 0.4) is 0 Å². The average molecular weight is 442 g/mol. The molecular weight excluding hydrogens is 414 g/mol. The fraction of sp³-hybridized carbons (Fsp3) is 0.391. The standard InChI is InChI=1S/C23H27N3O4S/c1-31(29,30)25-13-11-18(12-14-25)23(28)24-20-8-9-21-19(15-20)7-10-22(27)26(21)16-17-5-3-2-4-6-17/h2-6,8-9,15,18H,7,10-14,16H2,1H3,(H,24,28). The minimum atomic E-state index is -3.21. The van der Waals surface area contributed by atoms with Gasteiger partial charge >= 0.3 is 0 Å². The Balaban J connectivity index is 1.43. The minimum absolute atomic E-state index is 0.0823. The second-order valence-corrected chi connectivity index (χ2v) is 10.2. The largest absolute Gasteiger partial charge is 0.326 e. The zero-order valence-corrected chi connectivity index (χ0v) is 18.4. The van der Waals surface area contributed by atoms with Gasteiger partial charge in [0.15, 0.2) is 0 Å². The highest BCUT2D eigenvalue weighted by Gasteiger charge is 2.29. The molecule has 0 spiro atoms. The molecule has 164 valence electrons. The Morgan fingerprint density at radius 1 is 1.06 bits per heavy atom. The maximum atomic E-state index is 12.7. The zero-order valence-electron chi connectivity index (χ0n) is 17.6. The third-order valence-corrected chi connectivity index (χ3v) is 7.33. The van der Waals surface area contributed by atoms with Gasteiger partial charge in [-0.15, -0.1) is 0 Å². The number of nitrogens with zero attached hydrogens (tertiary/aromatic N) is 2. The molecule has 2 aromatic rings. The number of hydrogen-bond donors (Lipinski definition) is 1. The summed E-state index contributed by atoms with van der Waals surface area (Å²) in [6.07, 6.45) is 3.33. The van der Waals surface area contributed by atoms with Crippen molar-refractivity contribution in [3.63, 3.8) is 0 Å². The lowest BCUT2D eigenvalue weighted by atomic mass is 9.96. The number of carbonyl (C=O) groups is 2. The minimum Gasteiger partial charge on any atom is -0.326 e. The number of sulfonamides is 1. The van der Waals surface area contributed by atoms with E-state index < -0.39 is 10.0 Å². The van der Waals surface area contributed by atoms with E-state index in [1.54, 1.807) is 4.90 Å². The number of anilines is 2. The Hall–Kier alpha value is -2.71. The molecule has 2 heterocycles. The van der Waals surface area contributed by atoms with Crippen molar-refractivity contribution in [2.45, 2.75) is 32.2 Å². The SMILES string of the molecule is CS(=O)(=O)N1CCC(C(=O)Nc2ccc3c(c2)CCC(=O)N3Cc2ccccc2)CC1. The molecule has 8 heteroatoms. The topological polar surface area (TPSA) is 86.8 Å². The molecule has 0 aliphatic carbocycles. The highest BCUT2D eigenvalue weighted by molar-refractivity contribution is 7.88. The summed E-state index contributed by atoms with van der Waals surface area (Å²) < 4.78 is 24.7. The lowest BCUT2D eigenvalue weighted by Gasteiger charge is -2.31. The number of aryl methyl sites for hydroxylation is 1. The number of benzene rings is 2. The van der Waals surface area contributed by atoms with Gasteiger partial charge in [-0.1, -0.05) is 30.3 Å². The van der Waals surface area contributed by atoms with Gasteiger partial charge in [0.25, 0.3) is 0 Å². The smallest absolute Gasteiger partial charge is 0.227 e. The quantitative estimate of drug-likeness (QED) is 0.773. The fourth-order valence-corrected chi connectivity index (χ4v) is 5.15. The predicted octanol–water partition coefficient (Wildman–Crippen LogP) is 2.78. The first kappa shape index (κ1) is 21.5. The third kappa shape index (κ3) is 4.97. The molecule has 2 aliphatic heterocycles. The molecule has 1 fully saturated rings. The second kappa shape index (κ2) is 8.80. The van der Waals surface area contributed by atoms with Gasteiger partial charge in [-0.3, -0.25) is 9.59 Å². The van der Waals surface area contributed by atoms with E-state index in [9.17, 15) is 18.0 Å². The first-order chi connectivity index (χ1) is 14.8. The Kier molecular flexibility index (Phi) is 6.11. The van der Waals surface area contributed by atoms with Crippen molar-refractivity contribution in [1.82, 2.24) is 4.31 Å². The van der Waals surface area contributed by atoms with E-state index in [4.69, 9.17) is 0 Å². The molecule has 0 aromatic heterocycles. The Morgan fingerprint density at radius 2 is 1.77 bits per heavy atom. The third-order valence-electron chi connectivity index (χ3n) is 6.02. The number of fused-ring (bicyclic) bond motifs is 1. The van der Waals surface area contributed by atoms with Crippen molar-refractivity contribution in [3.8, 4) is 0 Å². The monoisotopic (exact) mass is 441 g/mol.